The van der Waals surface area contributed by atoms with Gasteiger partial charge in [-0.3, -0.25) is 4.79 Å². The van der Waals surface area contributed by atoms with Gasteiger partial charge in [-0.25, -0.2) is 4.39 Å². The van der Waals surface area contributed by atoms with Gasteiger partial charge in [0.25, 0.3) is 0 Å². The quantitative estimate of drug-likeness (QED) is 0.599. The Bertz CT molecular complexity index is 843. The Kier molecular flexibility index (Phi) is 6.51. The van der Waals surface area contributed by atoms with Gasteiger partial charge < -0.3 is 9.84 Å². The van der Waals surface area contributed by atoms with Crippen molar-refractivity contribution in [1.29, 1.82) is 0 Å². The number of carboxylic acid groups (broad SMARTS) is 1. The average Bonchev–Trinajstić information content (AvgIpc) is 3.08. The fourth-order valence-corrected chi connectivity index (χ4v) is 3.60. The molecule has 0 aliphatic heterocycles. The zero-order chi connectivity index (χ0) is 19.2. The molecule has 2 aromatic carbocycles. The smallest absolute Gasteiger partial charge is 0.303 e. The van der Waals surface area contributed by atoms with Crippen LogP contribution in [0.1, 0.15) is 36.8 Å². The van der Waals surface area contributed by atoms with E-state index in [0.717, 1.165) is 36.8 Å². The normalized spacial score (nSPS) is 13.9. The Morgan fingerprint density at radius 3 is 2.56 bits per heavy atom. The van der Waals surface area contributed by atoms with Gasteiger partial charge in [-0.05, 0) is 73.1 Å². The van der Waals surface area contributed by atoms with E-state index in [1.807, 2.05) is 24.3 Å². The number of hydrogen-bond donors (Lipinski definition) is 1. The van der Waals surface area contributed by atoms with E-state index in [4.69, 9.17) is 21.4 Å². The summed E-state index contributed by atoms with van der Waals surface area (Å²) in [5.41, 5.74) is 4.58. The van der Waals surface area contributed by atoms with Crippen LogP contribution in [0.4, 0.5) is 4.39 Å². The molecule has 5 heteroatoms. The third-order valence-corrected chi connectivity index (χ3v) is 5.19. The van der Waals surface area contributed by atoms with E-state index in [1.54, 1.807) is 6.07 Å². The average molecular weight is 389 g/mol. The number of halogens is 2. The van der Waals surface area contributed by atoms with Crippen molar-refractivity contribution in [2.24, 2.45) is 0 Å². The number of ether oxygens (including phenoxy) is 1. The number of rotatable bonds is 8. The van der Waals surface area contributed by atoms with Gasteiger partial charge >= 0.3 is 5.97 Å². The summed E-state index contributed by atoms with van der Waals surface area (Å²) in [6.07, 6.45) is 4.46. The molecule has 1 aliphatic rings. The van der Waals surface area contributed by atoms with Gasteiger partial charge in [0, 0.05) is 11.4 Å². The van der Waals surface area contributed by atoms with E-state index in [-0.39, 0.29) is 12.2 Å². The topological polar surface area (TPSA) is 46.5 Å². The first-order valence-electron chi connectivity index (χ1n) is 9.08. The van der Waals surface area contributed by atoms with Gasteiger partial charge in [0.1, 0.15) is 18.2 Å². The van der Waals surface area contributed by atoms with Crippen molar-refractivity contribution in [3.63, 3.8) is 0 Å². The minimum atomic E-state index is -0.840. The van der Waals surface area contributed by atoms with Crippen molar-refractivity contribution in [2.45, 2.75) is 38.5 Å². The lowest BCUT2D eigenvalue weighted by Gasteiger charge is -2.12. The third-order valence-electron chi connectivity index (χ3n) is 4.83. The number of carboxylic acids is 1. The molecule has 0 amide bonds. The highest BCUT2D eigenvalue weighted by Gasteiger charge is 2.16. The molecule has 142 valence electrons. The first kappa shape index (κ1) is 19.4. The van der Waals surface area contributed by atoms with Crippen molar-refractivity contribution in [2.75, 3.05) is 6.61 Å². The molecule has 2 aromatic rings. The van der Waals surface area contributed by atoms with Crippen LogP contribution in [0.15, 0.2) is 53.6 Å². The number of aryl methyl sites for hydroxylation is 1. The Morgan fingerprint density at radius 1 is 1.11 bits per heavy atom. The van der Waals surface area contributed by atoms with Crippen molar-refractivity contribution >= 4 is 17.6 Å². The number of allylic oxidation sites excluding steroid dienone is 1. The van der Waals surface area contributed by atoms with Gasteiger partial charge in [0.05, 0.1) is 0 Å². The van der Waals surface area contributed by atoms with E-state index in [1.165, 1.54) is 23.3 Å². The standard InChI is InChI=1S/C22H22ClFO3/c23-21-13-20(10-6-16(21)7-11-22(25)26)27-14-18-3-1-2-17(18)12-15-4-8-19(24)9-5-15/h4-6,8-10,13H,1-3,7,11-12,14H2,(H,25,26). The second kappa shape index (κ2) is 9.05. The van der Waals surface area contributed by atoms with Crippen LogP contribution >= 0.6 is 11.6 Å². The molecule has 0 heterocycles. The molecule has 0 saturated carbocycles. The van der Waals surface area contributed by atoms with E-state index >= 15 is 0 Å². The maximum Gasteiger partial charge on any atom is 0.303 e. The predicted molar refractivity (Wildman–Crippen MR) is 104 cm³/mol. The molecule has 1 aliphatic carbocycles. The van der Waals surface area contributed by atoms with Gasteiger partial charge in [-0.1, -0.05) is 35.4 Å². The molecule has 0 saturated heterocycles. The lowest BCUT2D eigenvalue weighted by molar-refractivity contribution is -0.136. The van der Waals surface area contributed by atoms with E-state index in [2.05, 4.69) is 0 Å². The molecule has 3 nitrogen and oxygen atoms in total. The summed E-state index contributed by atoms with van der Waals surface area (Å²) in [6, 6.07) is 12.0. The zero-order valence-corrected chi connectivity index (χ0v) is 15.8. The minimum Gasteiger partial charge on any atom is -0.489 e. The molecular formula is C22H22ClFO3. The third kappa shape index (κ3) is 5.57. The molecule has 3 rings (SSSR count). The van der Waals surface area contributed by atoms with Gasteiger partial charge in [-0.15, -0.1) is 0 Å². The number of carbonyl (C=O) groups is 1. The summed E-state index contributed by atoms with van der Waals surface area (Å²) in [5, 5.41) is 9.31. The van der Waals surface area contributed by atoms with Crippen molar-refractivity contribution in [3.05, 3.63) is 75.6 Å². The summed E-state index contributed by atoms with van der Waals surface area (Å²) >= 11 is 6.24. The fraction of sp³-hybridized carbons (Fsp3) is 0.318. The largest absolute Gasteiger partial charge is 0.489 e. The summed E-state index contributed by atoms with van der Waals surface area (Å²) < 4.78 is 19.0. The monoisotopic (exact) mass is 388 g/mol. The summed E-state index contributed by atoms with van der Waals surface area (Å²) in [6.45, 7) is 0.515. The number of aliphatic carboxylic acids is 1. The highest BCUT2D eigenvalue weighted by Crippen LogP contribution is 2.30. The highest BCUT2D eigenvalue weighted by atomic mass is 35.5. The van der Waals surface area contributed by atoms with Crippen LogP contribution in [0.25, 0.3) is 0 Å². The summed E-state index contributed by atoms with van der Waals surface area (Å²) in [4.78, 5) is 10.7. The lowest BCUT2D eigenvalue weighted by atomic mass is 10.0. The summed E-state index contributed by atoms with van der Waals surface area (Å²) in [7, 11) is 0. The molecule has 27 heavy (non-hydrogen) atoms. The predicted octanol–water partition coefficient (Wildman–Crippen LogP) is 5.60. The van der Waals surface area contributed by atoms with Crippen LogP contribution < -0.4 is 4.74 Å². The number of hydrogen-bond acceptors (Lipinski definition) is 2. The van der Waals surface area contributed by atoms with Crippen molar-refractivity contribution < 1.29 is 19.0 Å². The van der Waals surface area contributed by atoms with Gasteiger partial charge in [0.2, 0.25) is 0 Å². The Labute approximate surface area is 163 Å². The van der Waals surface area contributed by atoms with Crippen molar-refractivity contribution in [1.82, 2.24) is 0 Å². The SMILES string of the molecule is O=C(O)CCc1ccc(OCC2=C(Cc3ccc(F)cc3)CCC2)cc1Cl. The second-order valence-corrected chi connectivity index (χ2v) is 7.21. The molecule has 0 spiro atoms. The molecule has 0 aromatic heterocycles. The minimum absolute atomic E-state index is 0.0551. The Hall–Kier alpha value is -2.33. The molecule has 0 radical (unpaired) electrons. The molecular weight excluding hydrogens is 367 g/mol. The second-order valence-electron chi connectivity index (χ2n) is 6.80. The van der Waals surface area contributed by atoms with Crippen molar-refractivity contribution in [3.8, 4) is 5.75 Å². The molecule has 0 atom stereocenters. The fourth-order valence-electron chi connectivity index (χ4n) is 3.34. The Morgan fingerprint density at radius 2 is 1.85 bits per heavy atom. The van der Waals surface area contributed by atoms with Crippen LogP contribution in [0, 0.1) is 5.82 Å². The molecule has 1 N–H and O–H groups in total. The zero-order valence-electron chi connectivity index (χ0n) is 15.0. The van der Waals surface area contributed by atoms with E-state index in [0.29, 0.717) is 23.8 Å². The number of benzene rings is 2. The van der Waals surface area contributed by atoms with E-state index in [9.17, 15) is 9.18 Å². The maximum absolute atomic E-state index is 13.1. The van der Waals surface area contributed by atoms with Crippen LogP contribution in [0.3, 0.4) is 0 Å². The van der Waals surface area contributed by atoms with Gasteiger partial charge in [-0.2, -0.15) is 0 Å². The van der Waals surface area contributed by atoms with Crippen LogP contribution in [-0.4, -0.2) is 17.7 Å². The molecule has 0 fully saturated rings. The lowest BCUT2D eigenvalue weighted by Crippen LogP contribution is -2.03. The molecule has 0 bridgehead atoms. The maximum atomic E-state index is 13.1. The highest BCUT2D eigenvalue weighted by molar-refractivity contribution is 6.31. The first-order valence-corrected chi connectivity index (χ1v) is 9.46. The Balaban J connectivity index is 1.61. The van der Waals surface area contributed by atoms with E-state index < -0.39 is 5.97 Å². The van der Waals surface area contributed by atoms with Gasteiger partial charge in [0.15, 0.2) is 0 Å². The van der Waals surface area contributed by atoms with Crippen LogP contribution in [0.5, 0.6) is 5.75 Å². The van der Waals surface area contributed by atoms with Crippen LogP contribution in [-0.2, 0) is 17.6 Å². The molecule has 0 unspecified atom stereocenters. The first-order chi connectivity index (χ1) is 13.0. The summed E-state index contributed by atoms with van der Waals surface area (Å²) in [5.74, 6) is -0.376. The van der Waals surface area contributed by atoms with Crippen LogP contribution in [0.2, 0.25) is 5.02 Å².